The number of ether oxygens (including phenoxy) is 1. The maximum atomic E-state index is 15.1. The van der Waals surface area contributed by atoms with E-state index in [4.69, 9.17) is 11.3 Å². The van der Waals surface area contributed by atoms with Gasteiger partial charge in [0.25, 0.3) is 5.91 Å². The summed E-state index contributed by atoms with van der Waals surface area (Å²) in [5.41, 5.74) is 4.67. The molecule has 5 fully saturated rings. The minimum atomic E-state index is -3.82. The third-order valence-corrected chi connectivity index (χ3v) is 14.7. The Morgan fingerprint density at radius 3 is 2.31 bits per heavy atom. The molecule has 11 heteroatoms. The molecule has 5 heterocycles. The van der Waals surface area contributed by atoms with Gasteiger partial charge in [-0.05, 0) is 73.9 Å². The van der Waals surface area contributed by atoms with E-state index in [1.165, 1.54) is 12.0 Å². The zero-order valence-corrected chi connectivity index (χ0v) is 29.8. The molecule has 2 saturated carbocycles. The molecule has 0 radical (unpaired) electrons. The summed E-state index contributed by atoms with van der Waals surface area (Å²) in [6, 6.07) is 5.53. The normalized spacial score (nSPS) is 31.8. The number of methoxy groups -OCH3 is 1. The Hall–Kier alpha value is -3.41. The van der Waals surface area contributed by atoms with Crippen LogP contribution >= 0.6 is 0 Å². The molecule has 10 nitrogen and oxygen atoms in total. The lowest BCUT2D eigenvalue weighted by atomic mass is 9.71. The van der Waals surface area contributed by atoms with E-state index in [9.17, 15) is 13.2 Å². The number of rotatable bonds is 7. The molecule has 262 valence electrons. The number of nitrogens with zero attached hydrogens (tertiary/aromatic N) is 2. The SMILES string of the molecule is C=C(C=C1C(=C)c2c(C3CCCCC3)c3ccc(C(=O)NS(=O)(=O)C(C)C)cc3n2CC2(C(=O)N3CC45CNCC4(CNC5)C3)CC12)OC. The maximum absolute atomic E-state index is 15.1. The van der Waals surface area contributed by atoms with E-state index in [0.717, 1.165) is 92.7 Å². The third-order valence-electron chi connectivity index (χ3n) is 13.0. The minimum Gasteiger partial charge on any atom is -0.497 e. The Morgan fingerprint density at radius 2 is 1.69 bits per heavy atom. The summed E-state index contributed by atoms with van der Waals surface area (Å²) in [7, 11) is -2.20. The summed E-state index contributed by atoms with van der Waals surface area (Å²) in [6.45, 7) is 17.6. The molecule has 49 heavy (non-hydrogen) atoms. The van der Waals surface area contributed by atoms with Gasteiger partial charge in [0.05, 0.1) is 23.5 Å². The first-order chi connectivity index (χ1) is 23.4. The number of benzene rings is 1. The van der Waals surface area contributed by atoms with Crippen LogP contribution in [0.5, 0.6) is 0 Å². The number of hydrogen-bond acceptors (Lipinski definition) is 7. The van der Waals surface area contributed by atoms with Gasteiger partial charge in [-0.1, -0.05) is 38.5 Å². The molecule has 3 N–H and O–H groups in total. The Bertz CT molecular complexity index is 1910. The third kappa shape index (κ3) is 4.82. The summed E-state index contributed by atoms with van der Waals surface area (Å²) in [6.07, 6.45) is 8.31. The summed E-state index contributed by atoms with van der Waals surface area (Å²) >= 11 is 0. The van der Waals surface area contributed by atoms with Crippen LogP contribution in [0.3, 0.4) is 0 Å². The van der Waals surface area contributed by atoms with Crippen molar-refractivity contribution in [2.75, 3.05) is 46.4 Å². The molecule has 2 amide bonds. The van der Waals surface area contributed by atoms with Crippen LogP contribution in [-0.2, 0) is 26.1 Å². The summed E-state index contributed by atoms with van der Waals surface area (Å²) in [5.74, 6) is 0.344. The standard InChI is InChI=1S/C38H49N5O5S/c1-23(2)49(46,47)41-34(44)27-11-12-28-31(14-27)43-22-38(35(45)42-20-36-16-39-18-37(36,21-42)19-40-17-36)15-30(38)29(13-24(3)48-5)25(4)33(43)32(28)26-9-7-6-8-10-26/h11-14,23,26,30,39-40H,3-4,6-10,15-22H2,1-2,5H3,(H,41,44). The van der Waals surface area contributed by atoms with Crippen LogP contribution in [0.4, 0.5) is 0 Å². The number of hydrogen-bond donors (Lipinski definition) is 3. The van der Waals surface area contributed by atoms with Crippen LogP contribution in [0.25, 0.3) is 16.5 Å². The first kappa shape index (κ1) is 32.8. The zero-order valence-electron chi connectivity index (χ0n) is 29.0. The van der Waals surface area contributed by atoms with Crippen LogP contribution in [0, 0.1) is 22.2 Å². The molecule has 2 aliphatic carbocycles. The molecular formula is C38H49N5O5S. The van der Waals surface area contributed by atoms with Gasteiger partial charge in [0.15, 0.2) is 0 Å². The molecular weight excluding hydrogens is 639 g/mol. The Morgan fingerprint density at radius 1 is 1.04 bits per heavy atom. The molecule has 2 unspecified atom stereocenters. The molecule has 1 aromatic carbocycles. The van der Waals surface area contributed by atoms with Gasteiger partial charge in [-0.15, -0.1) is 0 Å². The fourth-order valence-corrected chi connectivity index (χ4v) is 10.7. The van der Waals surface area contributed by atoms with Crippen molar-refractivity contribution in [3.8, 4) is 0 Å². The molecule has 8 rings (SSSR count). The minimum absolute atomic E-state index is 0.0391. The van der Waals surface area contributed by atoms with Gasteiger partial charge in [-0.3, -0.25) is 9.59 Å². The van der Waals surface area contributed by atoms with Gasteiger partial charge in [0.1, 0.15) is 5.76 Å². The smallest absolute Gasteiger partial charge is 0.264 e. The van der Waals surface area contributed by atoms with Crippen molar-refractivity contribution in [2.45, 2.75) is 70.1 Å². The van der Waals surface area contributed by atoms with Gasteiger partial charge < -0.3 is 24.8 Å². The lowest BCUT2D eigenvalue weighted by molar-refractivity contribution is -0.137. The largest absolute Gasteiger partial charge is 0.497 e. The van der Waals surface area contributed by atoms with Gasteiger partial charge >= 0.3 is 0 Å². The lowest BCUT2D eigenvalue weighted by Gasteiger charge is -2.28. The van der Waals surface area contributed by atoms with E-state index >= 15 is 4.79 Å². The lowest BCUT2D eigenvalue weighted by Crippen LogP contribution is -2.44. The fourth-order valence-electron chi connectivity index (χ4n) is 10.1. The number of amides is 2. The quantitative estimate of drug-likeness (QED) is 0.372. The highest BCUT2D eigenvalue weighted by Crippen LogP contribution is 2.65. The molecule has 2 aromatic rings. The first-order valence-corrected chi connectivity index (χ1v) is 19.5. The first-order valence-electron chi connectivity index (χ1n) is 17.9. The maximum Gasteiger partial charge on any atom is 0.264 e. The number of carbonyl (C=O) groups excluding carboxylic acids is 2. The van der Waals surface area contributed by atoms with Crippen LogP contribution in [0.2, 0.25) is 0 Å². The highest BCUT2D eigenvalue weighted by Gasteiger charge is 2.69. The van der Waals surface area contributed by atoms with Crippen molar-refractivity contribution in [3.05, 3.63) is 65.6 Å². The van der Waals surface area contributed by atoms with Gasteiger partial charge in [0, 0.05) is 79.0 Å². The number of carbonyl (C=O) groups is 2. The number of sulfonamides is 1. The zero-order chi connectivity index (χ0) is 34.5. The van der Waals surface area contributed by atoms with Crippen molar-refractivity contribution >= 4 is 38.3 Å². The summed E-state index contributed by atoms with van der Waals surface area (Å²) < 4.78 is 35.4. The topological polar surface area (TPSA) is 122 Å². The Labute approximate surface area is 289 Å². The van der Waals surface area contributed by atoms with E-state index in [0.29, 0.717) is 24.6 Å². The van der Waals surface area contributed by atoms with Crippen molar-refractivity contribution in [1.82, 2.24) is 24.8 Å². The number of fused-ring (bicyclic) bond motifs is 4. The highest BCUT2D eigenvalue weighted by atomic mass is 32.2. The number of aromatic nitrogens is 1. The predicted octanol–water partition coefficient (Wildman–Crippen LogP) is 4.30. The summed E-state index contributed by atoms with van der Waals surface area (Å²) in [4.78, 5) is 30.6. The van der Waals surface area contributed by atoms with Crippen molar-refractivity contribution in [2.24, 2.45) is 22.2 Å². The van der Waals surface area contributed by atoms with Crippen LogP contribution in [-0.4, -0.2) is 81.3 Å². The molecule has 0 bridgehead atoms. The number of likely N-dealkylation sites (tertiary alicyclic amines) is 1. The average molecular weight is 688 g/mol. The summed E-state index contributed by atoms with van der Waals surface area (Å²) in [5, 5.41) is 7.54. The molecule has 4 aliphatic heterocycles. The Kier molecular flexibility index (Phi) is 7.56. The van der Waals surface area contributed by atoms with Crippen LogP contribution in [0.15, 0.2) is 48.8 Å². The second kappa shape index (κ2) is 11.3. The monoisotopic (exact) mass is 687 g/mol. The number of nitrogens with one attached hydrogen (secondary N) is 3. The van der Waals surface area contributed by atoms with Crippen LogP contribution < -0.4 is 15.4 Å². The van der Waals surface area contributed by atoms with Gasteiger partial charge in [-0.2, -0.15) is 0 Å². The van der Waals surface area contributed by atoms with E-state index in [2.05, 4.69) is 31.4 Å². The highest BCUT2D eigenvalue weighted by molar-refractivity contribution is 7.90. The van der Waals surface area contributed by atoms with Crippen molar-refractivity contribution in [1.29, 1.82) is 0 Å². The molecule has 0 spiro atoms. The predicted molar refractivity (Wildman–Crippen MR) is 190 cm³/mol. The van der Waals surface area contributed by atoms with E-state index in [-0.39, 0.29) is 28.2 Å². The second-order valence-electron chi connectivity index (χ2n) is 16.0. The van der Waals surface area contributed by atoms with Crippen molar-refractivity contribution in [3.63, 3.8) is 0 Å². The molecule has 1 aromatic heterocycles. The van der Waals surface area contributed by atoms with Crippen LogP contribution in [0.1, 0.15) is 79.9 Å². The van der Waals surface area contributed by atoms with Gasteiger partial charge in [-0.25, -0.2) is 13.1 Å². The number of allylic oxidation sites excluding steroid dienone is 3. The van der Waals surface area contributed by atoms with E-state index in [1.807, 2.05) is 18.2 Å². The second-order valence-corrected chi connectivity index (χ2v) is 18.3. The fraction of sp³-hybridized carbons (Fsp3) is 0.579. The molecule has 3 saturated heterocycles. The molecule has 2 atom stereocenters. The van der Waals surface area contributed by atoms with Gasteiger partial charge in [0.2, 0.25) is 15.9 Å². The Balaban J connectivity index is 1.27. The van der Waals surface area contributed by atoms with E-state index < -0.39 is 26.6 Å². The molecule has 6 aliphatic rings. The average Bonchev–Trinajstić information content (AvgIpc) is 3.27. The van der Waals surface area contributed by atoms with Crippen molar-refractivity contribution < 1.29 is 22.7 Å². The van der Waals surface area contributed by atoms with E-state index in [1.54, 1.807) is 27.0 Å².